The summed E-state index contributed by atoms with van der Waals surface area (Å²) in [4.78, 5) is 32.5. The highest BCUT2D eigenvalue weighted by Crippen LogP contribution is 2.38. The Hall–Kier alpha value is -3.49. The number of thioether (sulfide) groups is 1. The van der Waals surface area contributed by atoms with Gasteiger partial charge in [-0.1, -0.05) is 71.9 Å². The number of rotatable bonds is 6. The van der Waals surface area contributed by atoms with Gasteiger partial charge in [-0.2, -0.15) is 0 Å². The summed E-state index contributed by atoms with van der Waals surface area (Å²) in [6.07, 6.45) is 1.47. The molecule has 1 heterocycles. The molecule has 0 aliphatic heterocycles. The van der Waals surface area contributed by atoms with E-state index in [1.165, 1.54) is 36.3 Å². The summed E-state index contributed by atoms with van der Waals surface area (Å²) in [6, 6.07) is 21.0. The first-order valence-corrected chi connectivity index (χ1v) is 10.4. The molecule has 4 aromatic rings. The Kier molecular flexibility index (Phi) is 6.11. The third-order valence-electron chi connectivity index (χ3n) is 4.49. The third-order valence-corrected chi connectivity index (χ3v) is 6.08. The van der Waals surface area contributed by atoms with Gasteiger partial charge in [-0.05, 0) is 23.8 Å². The van der Waals surface area contributed by atoms with Crippen LogP contribution in [0.15, 0.2) is 84.1 Å². The molecule has 1 amide bonds. The van der Waals surface area contributed by atoms with Crippen LogP contribution in [0.3, 0.4) is 0 Å². The Bertz CT molecular complexity index is 1260. The topological polar surface area (TPSA) is 98.0 Å². The molecule has 0 aliphatic carbocycles. The van der Waals surface area contributed by atoms with E-state index in [1.807, 2.05) is 54.6 Å². The van der Waals surface area contributed by atoms with Crippen LogP contribution in [0, 0.1) is 10.1 Å². The number of hydrogen-bond donors (Lipinski definition) is 1. The maximum absolute atomic E-state index is 13.2. The van der Waals surface area contributed by atoms with Crippen LogP contribution in [0.2, 0.25) is 5.02 Å². The highest BCUT2D eigenvalue weighted by molar-refractivity contribution is 8.00. The van der Waals surface area contributed by atoms with E-state index in [2.05, 4.69) is 15.3 Å². The second-order valence-electron chi connectivity index (χ2n) is 6.52. The Morgan fingerprint density at radius 3 is 2.55 bits per heavy atom. The molecule has 0 fully saturated rings. The van der Waals surface area contributed by atoms with Crippen LogP contribution in [0.5, 0.6) is 0 Å². The molecule has 0 radical (unpaired) electrons. The van der Waals surface area contributed by atoms with Crippen LogP contribution in [0.4, 0.5) is 11.4 Å². The van der Waals surface area contributed by atoms with Crippen LogP contribution in [-0.2, 0) is 4.79 Å². The molecule has 0 spiro atoms. The Morgan fingerprint density at radius 2 is 1.77 bits per heavy atom. The van der Waals surface area contributed by atoms with Gasteiger partial charge in [0.2, 0.25) is 5.91 Å². The third kappa shape index (κ3) is 4.65. The van der Waals surface area contributed by atoms with Gasteiger partial charge in [0, 0.05) is 17.1 Å². The number of nitro groups is 1. The predicted octanol–water partition coefficient (Wildman–Crippen LogP) is 5.66. The van der Waals surface area contributed by atoms with Gasteiger partial charge in [0.15, 0.2) is 0 Å². The van der Waals surface area contributed by atoms with Crippen molar-refractivity contribution >= 4 is 51.5 Å². The van der Waals surface area contributed by atoms with Crippen molar-refractivity contribution in [1.29, 1.82) is 0 Å². The molecule has 154 valence electrons. The zero-order valence-corrected chi connectivity index (χ0v) is 17.5. The van der Waals surface area contributed by atoms with E-state index in [1.54, 1.807) is 0 Å². The summed E-state index contributed by atoms with van der Waals surface area (Å²) >= 11 is 7.17. The van der Waals surface area contributed by atoms with Crippen LogP contribution in [-0.4, -0.2) is 20.8 Å². The lowest BCUT2D eigenvalue weighted by atomic mass is 10.1. The molecule has 9 heteroatoms. The molecule has 1 N–H and O–H groups in total. The van der Waals surface area contributed by atoms with E-state index in [9.17, 15) is 14.9 Å². The van der Waals surface area contributed by atoms with E-state index >= 15 is 0 Å². The lowest BCUT2D eigenvalue weighted by Crippen LogP contribution is -2.19. The number of aromatic nitrogens is 2. The fraction of sp³-hybridized carbons (Fsp3) is 0.0455. The highest BCUT2D eigenvalue weighted by Gasteiger charge is 2.25. The molecule has 1 aromatic heterocycles. The smallest absolute Gasteiger partial charge is 0.289 e. The van der Waals surface area contributed by atoms with E-state index in [4.69, 9.17) is 11.6 Å². The number of hydrogen-bond acceptors (Lipinski definition) is 6. The summed E-state index contributed by atoms with van der Waals surface area (Å²) in [5.74, 6) is -0.337. The number of nitrogens with zero attached hydrogens (tertiary/aromatic N) is 3. The summed E-state index contributed by atoms with van der Waals surface area (Å²) in [5, 5.41) is 14.8. The quantitative estimate of drug-likeness (QED) is 0.176. The standard InChI is InChI=1S/C22H15ClN4O3S/c23-17-11-10-15(12-19(17)27(29)30)26-21(28)20(14-6-2-1-3-7-14)31-22-16-8-4-5-9-18(16)24-13-25-22/h1-13,20H,(H,26,28). The maximum Gasteiger partial charge on any atom is 0.289 e. The van der Waals surface area contributed by atoms with Gasteiger partial charge in [-0.25, -0.2) is 9.97 Å². The summed E-state index contributed by atoms with van der Waals surface area (Å²) in [7, 11) is 0. The second-order valence-corrected chi connectivity index (χ2v) is 8.02. The van der Waals surface area contributed by atoms with Crippen molar-refractivity contribution in [2.75, 3.05) is 5.32 Å². The number of halogens is 1. The van der Waals surface area contributed by atoms with Crippen molar-refractivity contribution in [1.82, 2.24) is 9.97 Å². The Labute approximate surface area is 186 Å². The fourth-order valence-corrected chi connectivity index (χ4v) is 4.30. The number of fused-ring (bicyclic) bond motifs is 1. The molecule has 1 unspecified atom stereocenters. The number of nitrogens with one attached hydrogen (secondary N) is 1. The molecule has 0 bridgehead atoms. The van der Waals surface area contributed by atoms with Crippen LogP contribution >= 0.6 is 23.4 Å². The summed E-state index contributed by atoms with van der Waals surface area (Å²) in [6.45, 7) is 0. The number of para-hydroxylation sites is 1. The molecule has 0 saturated carbocycles. The molecule has 4 rings (SSSR count). The van der Waals surface area contributed by atoms with Crippen molar-refractivity contribution in [3.8, 4) is 0 Å². The summed E-state index contributed by atoms with van der Waals surface area (Å²) < 4.78 is 0. The van der Waals surface area contributed by atoms with Crippen molar-refractivity contribution in [3.63, 3.8) is 0 Å². The number of carbonyl (C=O) groups excluding carboxylic acids is 1. The zero-order valence-electron chi connectivity index (χ0n) is 15.9. The first-order chi connectivity index (χ1) is 15.0. The first-order valence-electron chi connectivity index (χ1n) is 9.19. The van der Waals surface area contributed by atoms with E-state index < -0.39 is 10.2 Å². The minimum atomic E-state index is -0.644. The number of nitro benzene ring substituents is 1. The molecule has 3 aromatic carbocycles. The lowest BCUT2D eigenvalue weighted by Gasteiger charge is -2.17. The van der Waals surface area contributed by atoms with Gasteiger partial charge in [-0.3, -0.25) is 14.9 Å². The van der Waals surface area contributed by atoms with E-state index in [0.29, 0.717) is 5.03 Å². The highest BCUT2D eigenvalue weighted by atomic mass is 35.5. The second kappa shape index (κ2) is 9.11. The minimum absolute atomic E-state index is 0.00411. The SMILES string of the molecule is O=C(Nc1ccc(Cl)c([N+](=O)[O-])c1)C(Sc1ncnc2ccccc12)c1ccccc1. The molecular weight excluding hydrogens is 436 g/mol. The van der Waals surface area contributed by atoms with Crippen molar-refractivity contribution in [2.24, 2.45) is 0 Å². The van der Waals surface area contributed by atoms with Crippen LogP contribution in [0.25, 0.3) is 10.9 Å². The average Bonchev–Trinajstić information content (AvgIpc) is 2.79. The molecule has 0 aliphatic rings. The van der Waals surface area contributed by atoms with Crippen LogP contribution in [0.1, 0.15) is 10.8 Å². The van der Waals surface area contributed by atoms with Gasteiger partial charge < -0.3 is 5.32 Å². The zero-order chi connectivity index (χ0) is 21.8. The van der Waals surface area contributed by atoms with Gasteiger partial charge in [0.1, 0.15) is 21.6 Å². The fourth-order valence-electron chi connectivity index (χ4n) is 3.02. The monoisotopic (exact) mass is 450 g/mol. The average molecular weight is 451 g/mol. The number of benzene rings is 3. The number of anilines is 1. The van der Waals surface area contributed by atoms with Gasteiger partial charge >= 0.3 is 0 Å². The predicted molar refractivity (Wildman–Crippen MR) is 121 cm³/mol. The van der Waals surface area contributed by atoms with E-state index in [-0.39, 0.29) is 22.3 Å². The van der Waals surface area contributed by atoms with Crippen molar-refractivity contribution in [3.05, 3.63) is 99.8 Å². The van der Waals surface area contributed by atoms with Gasteiger partial charge in [-0.15, -0.1) is 0 Å². The van der Waals surface area contributed by atoms with Crippen molar-refractivity contribution in [2.45, 2.75) is 10.3 Å². The number of amides is 1. The molecular formula is C22H15ClN4O3S. The molecule has 7 nitrogen and oxygen atoms in total. The van der Waals surface area contributed by atoms with Gasteiger partial charge in [0.05, 0.1) is 10.4 Å². The Morgan fingerprint density at radius 1 is 1.03 bits per heavy atom. The normalized spacial score (nSPS) is 11.8. The van der Waals surface area contributed by atoms with E-state index in [0.717, 1.165) is 16.5 Å². The molecule has 0 saturated heterocycles. The minimum Gasteiger partial charge on any atom is -0.325 e. The summed E-state index contributed by atoms with van der Waals surface area (Å²) in [5.41, 5.74) is 1.57. The molecule has 31 heavy (non-hydrogen) atoms. The Balaban J connectivity index is 1.68. The van der Waals surface area contributed by atoms with Crippen molar-refractivity contribution < 1.29 is 9.72 Å². The maximum atomic E-state index is 13.2. The van der Waals surface area contributed by atoms with Crippen LogP contribution < -0.4 is 5.32 Å². The lowest BCUT2D eigenvalue weighted by molar-refractivity contribution is -0.384. The first kappa shape index (κ1) is 20.8. The number of carbonyl (C=O) groups is 1. The largest absolute Gasteiger partial charge is 0.325 e. The molecule has 1 atom stereocenters. The van der Waals surface area contributed by atoms with Gasteiger partial charge in [0.25, 0.3) is 5.69 Å².